The van der Waals surface area contributed by atoms with Gasteiger partial charge in [-0.15, -0.1) is 22.7 Å². The number of ether oxygens (including phenoxy) is 1. The van der Waals surface area contributed by atoms with Gasteiger partial charge in [-0.1, -0.05) is 17.7 Å². The van der Waals surface area contributed by atoms with Crippen molar-refractivity contribution in [2.24, 2.45) is 0 Å². The summed E-state index contributed by atoms with van der Waals surface area (Å²) in [5.74, 6) is -0.493. The van der Waals surface area contributed by atoms with Crippen LogP contribution in [0.2, 0.25) is 0 Å². The van der Waals surface area contributed by atoms with Crippen molar-refractivity contribution in [3.05, 3.63) is 61.8 Å². The second-order valence-electron chi connectivity index (χ2n) is 8.07. The Morgan fingerprint density at radius 1 is 1.27 bits per heavy atom. The monoisotopic (exact) mass is 483 g/mol. The molecule has 8 heteroatoms. The number of amides is 1. The standard InChI is InChI=1S/C25H29N3O3S2/c1-3-31-25(30)24-27-21(16-33-24)22-14-20(17(2)28(22)15-19-10-7-13-32-19)23(29)26-12-11-18-8-5-4-6-9-18/h7-8,10,13-14,16H,3-6,9,11-12,15H2,1-2H3,(H,26,29). The lowest BCUT2D eigenvalue weighted by atomic mass is 9.97. The van der Waals surface area contributed by atoms with Crippen LogP contribution in [0.4, 0.5) is 0 Å². The maximum atomic E-state index is 13.1. The highest BCUT2D eigenvalue weighted by Crippen LogP contribution is 2.29. The van der Waals surface area contributed by atoms with Crippen LogP contribution in [0.25, 0.3) is 11.4 Å². The van der Waals surface area contributed by atoms with Crippen molar-refractivity contribution in [2.75, 3.05) is 13.2 Å². The van der Waals surface area contributed by atoms with Crippen LogP contribution in [-0.4, -0.2) is 34.6 Å². The fourth-order valence-corrected chi connectivity index (χ4v) is 5.49. The summed E-state index contributed by atoms with van der Waals surface area (Å²) in [7, 11) is 0. The lowest BCUT2D eigenvalue weighted by molar-refractivity contribution is 0.0526. The number of allylic oxidation sites excluding steroid dienone is 1. The summed E-state index contributed by atoms with van der Waals surface area (Å²) in [6, 6.07) is 5.99. The molecule has 0 spiro atoms. The molecule has 4 rings (SSSR count). The van der Waals surface area contributed by atoms with Gasteiger partial charge in [-0.3, -0.25) is 4.79 Å². The molecule has 0 radical (unpaired) electrons. The highest BCUT2D eigenvalue weighted by atomic mass is 32.1. The number of carbonyl (C=O) groups is 2. The summed E-state index contributed by atoms with van der Waals surface area (Å²) in [6.45, 7) is 5.33. The van der Waals surface area contributed by atoms with Crippen LogP contribution in [0.15, 0.2) is 40.6 Å². The van der Waals surface area contributed by atoms with Crippen molar-refractivity contribution < 1.29 is 14.3 Å². The van der Waals surface area contributed by atoms with Crippen LogP contribution in [-0.2, 0) is 11.3 Å². The molecule has 3 aromatic heterocycles. The predicted octanol–water partition coefficient (Wildman–Crippen LogP) is 5.83. The molecule has 0 aliphatic heterocycles. The number of rotatable bonds is 9. The van der Waals surface area contributed by atoms with E-state index >= 15 is 0 Å². The molecule has 1 aliphatic rings. The molecule has 174 valence electrons. The number of hydrogen-bond donors (Lipinski definition) is 1. The van der Waals surface area contributed by atoms with Crippen molar-refractivity contribution >= 4 is 34.6 Å². The molecule has 0 bridgehead atoms. The van der Waals surface area contributed by atoms with Gasteiger partial charge < -0.3 is 14.6 Å². The van der Waals surface area contributed by atoms with E-state index in [2.05, 4.69) is 27.0 Å². The molecule has 6 nitrogen and oxygen atoms in total. The molecular formula is C25H29N3O3S2. The Bertz CT molecular complexity index is 1140. The summed E-state index contributed by atoms with van der Waals surface area (Å²) >= 11 is 2.93. The lowest BCUT2D eigenvalue weighted by Crippen LogP contribution is -2.25. The van der Waals surface area contributed by atoms with Gasteiger partial charge in [-0.05, 0) is 63.5 Å². The number of aromatic nitrogens is 2. The number of nitrogens with one attached hydrogen (secondary N) is 1. The first kappa shape index (κ1) is 23.4. The Hall–Kier alpha value is -2.71. The molecule has 3 aromatic rings. The Kier molecular flexibility index (Phi) is 7.77. The Morgan fingerprint density at radius 2 is 2.15 bits per heavy atom. The number of thiophene rings is 1. The van der Waals surface area contributed by atoms with Gasteiger partial charge in [0.15, 0.2) is 0 Å². The zero-order valence-corrected chi connectivity index (χ0v) is 20.7. The van der Waals surface area contributed by atoms with Crippen molar-refractivity contribution in [1.29, 1.82) is 0 Å². The quantitative estimate of drug-likeness (QED) is 0.307. The van der Waals surface area contributed by atoms with Crippen molar-refractivity contribution in [3.8, 4) is 11.4 Å². The van der Waals surface area contributed by atoms with E-state index in [0.717, 1.165) is 30.7 Å². The van der Waals surface area contributed by atoms with E-state index in [4.69, 9.17) is 4.74 Å². The van der Waals surface area contributed by atoms with Crippen molar-refractivity contribution in [1.82, 2.24) is 14.9 Å². The second kappa shape index (κ2) is 10.9. The van der Waals surface area contributed by atoms with E-state index in [1.807, 2.05) is 29.8 Å². The van der Waals surface area contributed by atoms with Gasteiger partial charge >= 0.3 is 5.97 Å². The molecule has 1 aliphatic carbocycles. The number of hydrogen-bond acceptors (Lipinski definition) is 6. The van der Waals surface area contributed by atoms with Crippen LogP contribution >= 0.6 is 22.7 Å². The first-order valence-corrected chi connectivity index (χ1v) is 13.1. The van der Waals surface area contributed by atoms with Crippen LogP contribution in [0.1, 0.15) is 69.8 Å². The van der Waals surface area contributed by atoms with Gasteiger partial charge in [-0.25, -0.2) is 9.78 Å². The fraction of sp³-hybridized carbons (Fsp3) is 0.400. The molecular weight excluding hydrogens is 454 g/mol. The van der Waals surface area contributed by atoms with Crippen LogP contribution in [0, 0.1) is 6.92 Å². The van der Waals surface area contributed by atoms with Gasteiger partial charge in [0.05, 0.1) is 30.1 Å². The minimum atomic E-state index is -0.420. The van der Waals surface area contributed by atoms with E-state index < -0.39 is 5.97 Å². The maximum Gasteiger partial charge on any atom is 0.367 e. The zero-order chi connectivity index (χ0) is 23.2. The summed E-state index contributed by atoms with van der Waals surface area (Å²) < 4.78 is 7.19. The molecule has 0 saturated carbocycles. The van der Waals surface area contributed by atoms with Gasteiger partial charge in [0.25, 0.3) is 5.91 Å². The summed E-state index contributed by atoms with van der Waals surface area (Å²) in [6.07, 6.45) is 8.03. The average Bonchev–Trinajstić information content (AvgIpc) is 3.57. The molecule has 1 amide bonds. The second-order valence-corrected chi connectivity index (χ2v) is 9.96. The molecule has 0 fully saturated rings. The highest BCUT2D eigenvalue weighted by molar-refractivity contribution is 7.12. The predicted molar refractivity (Wildman–Crippen MR) is 133 cm³/mol. The van der Waals surface area contributed by atoms with Gasteiger partial charge in [0.2, 0.25) is 5.01 Å². The molecule has 33 heavy (non-hydrogen) atoms. The molecule has 1 N–H and O–H groups in total. The van der Waals surface area contributed by atoms with E-state index in [1.54, 1.807) is 18.3 Å². The number of carbonyl (C=O) groups excluding carboxylic acids is 2. The Balaban J connectivity index is 1.57. The van der Waals surface area contributed by atoms with Crippen molar-refractivity contribution in [3.63, 3.8) is 0 Å². The number of thiazole rings is 1. The number of nitrogens with zero attached hydrogens (tertiary/aromatic N) is 2. The Morgan fingerprint density at radius 3 is 2.88 bits per heavy atom. The summed E-state index contributed by atoms with van der Waals surface area (Å²) in [5.41, 5.74) is 4.48. The smallest absolute Gasteiger partial charge is 0.367 e. The molecule has 0 saturated heterocycles. The SMILES string of the molecule is CCOC(=O)c1nc(-c2cc(C(=O)NCCC3=CCCCC3)c(C)n2Cc2cccs2)cs1. The van der Waals surface area contributed by atoms with E-state index in [-0.39, 0.29) is 5.91 Å². The largest absolute Gasteiger partial charge is 0.461 e. The zero-order valence-electron chi connectivity index (χ0n) is 19.1. The minimum Gasteiger partial charge on any atom is -0.461 e. The minimum absolute atomic E-state index is 0.0732. The third-order valence-corrected chi connectivity index (χ3v) is 7.52. The third kappa shape index (κ3) is 5.62. The molecule has 3 heterocycles. The van der Waals surface area contributed by atoms with Gasteiger partial charge in [0.1, 0.15) is 0 Å². The van der Waals surface area contributed by atoms with Crippen molar-refractivity contribution in [2.45, 2.75) is 52.5 Å². The average molecular weight is 484 g/mol. The van der Waals surface area contributed by atoms with E-state index in [0.29, 0.717) is 36.0 Å². The van der Waals surface area contributed by atoms with E-state index in [1.165, 1.54) is 34.6 Å². The maximum absolute atomic E-state index is 13.1. The van der Waals surface area contributed by atoms with E-state index in [9.17, 15) is 9.59 Å². The highest BCUT2D eigenvalue weighted by Gasteiger charge is 2.22. The Labute approximate surface area is 202 Å². The topological polar surface area (TPSA) is 73.2 Å². The summed E-state index contributed by atoms with van der Waals surface area (Å²) in [4.78, 5) is 30.9. The molecule has 0 unspecified atom stereocenters. The third-order valence-electron chi connectivity index (χ3n) is 5.84. The van der Waals surface area contributed by atoms with Gasteiger partial charge in [-0.2, -0.15) is 0 Å². The fourth-order valence-electron chi connectivity index (χ4n) is 4.09. The molecule has 0 atom stereocenters. The normalized spacial score (nSPS) is 13.6. The number of esters is 1. The molecule has 0 aromatic carbocycles. The lowest BCUT2D eigenvalue weighted by Gasteiger charge is -2.13. The van der Waals surface area contributed by atoms with Crippen LogP contribution < -0.4 is 5.32 Å². The first-order chi connectivity index (χ1) is 16.1. The first-order valence-electron chi connectivity index (χ1n) is 11.4. The van der Waals surface area contributed by atoms with Crippen LogP contribution in [0.5, 0.6) is 0 Å². The van der Waals surface area contributed by atoms with Crippen LogP contribution in [0.3, 0.4) is 0 Å². The summed E-state index contributed by atoms with van der Waals surface area (Å²) in [5, 5.41) is 7.31. The van der Waals surface area contributed by atoms with Gasteiger partial charge in [0, 0.05) is 22.5 Å².